The molecule has 2 N–H and O–H groups in total. The fraction of sp³-hybridized carbons (Fsp3) is 1.00. The van der Waals surface area contributed by atoms with Gasteiger partial charge in [-0.15, -0.1) is 0 Å². The standard InChI is InChI=1S/C8H12O2/c9-7-3-1-4-6(7)2-5(3)8(4)10/h3-10H,1-2H2. The molecule has 4 fully saturated rings. The van der Waals surface area contributed by atoms with E-state index in [1.54, 1.807) is 0 Å². The zero-order valence-corrected chi connectivity index (χ0v) is 5.77. The van der Waals surface area contributed by atoms with E-state index in [0.717, 1.165) is 12.8 Å². The summed E-state index contributed by atoms with van der Waals surface area (Å²) in [7, 11) is 0. The zero-order chi connectivity index (χ0) is 6.88. The summed E-state index contributed by atoms with van der Waals surface area (Å²) >= 11 is 0. The van der Waals surface area contributed by atoms with E-state index in [-0.39, 0.29) is 12.2 Å². The Kier molecular flexibility index (Phi) is 0.783. The van der Waals surface area contributed by atoms with Crippen molar-refractivity contribution in [3.63, 3.8) is 0 Å². The summed E-state index contributed by atoms with van der Waals surface area (Å²) in [6.07, 6.45) is 2.08. The van der Waals surface area contributed by atoms with E-state index < -0.39 is 0 Å². The fourth-order valence-corrected chi connectivity index (χ4v) is 3.53. The third kappa shape index (κ3) is 0.372. The van der Waals surface area contributed by atoms with Crippen molar-refractivity contribution >= 4 is 0 Å². The third-order valence-corrected chi connectivity index (χ3v) is 3.94. The van der Waals surface area contributed by atoms with Gasteiger partial charge in [0.2, 0.25) is 0 Å². The van der Waals surface area contributed by atoms with Gasteiger partial charge in [-0.05, 0) is 36.5 Å². The number of hydrogen-bond acceptors (Lipinski definition) is 2. The number of hydrogen-bond donors (Lipinski definition) is 2. The van der Waals surface area contributed by atoms with Crippen LogP contribution in [-0.4, -0.2) is 22.4 Å². The summed E-state index contributed by atoms with van der Waals surface area (Å²) in [6.45, 7) is 0. The summed E-state index contributed by atoms with van der Waals surface area (Å²) < 4.78 is 0. The van der Waals surface area contributed by atoms with Gasteiger partial charge in [-0.3, -0.25) is 0 Å². The Morgan fingerprint density at radius 1 is 0.700 bits per heavy atom. The second-order valence-corrected chi connectivity index (χ2v) is 4.11. The van der Waals surface area contributed by atoms with Crippen LogP contribution in [0.15, 0.2) is 0 Å². The Labute approximate surface area is 59.9 Å². The maximum atomic E-state index is 9.54. The predicted molar refractivity (Wildman–Crippen MR) is 35.2 cm³/mol. The zero-order valence-electron chi connectivity index (χ0n) is 5.77. The van der Waals surface area contributed by atoms with Gasteiger partial charge in [-0.2, -0.15) is 0 Å². The van der Waals surface area contributed by atoms with Crippen molar-refractivity contribution in [2.24, 2.45) is 23.7 Å². The highest BCUT2D eigenvalue weighted by molar-refractivity contribution is 5.13. The predicted octanol–water partition coefficient (Wildman–Crippen LogP) is -0.00600. The van der Waals surface area contributed by atoms with Crippen molar-refractivity contribution in [2.75, 3.05) is 0 Å². The Balaban J connectivity index is 2.05. The molecule has 4 saturated carbocycles. The van der Waals surface area contributed by atoms with Crippen LogP contribution in [0, 0.1) is 23.7 Å². The normalized spacial score (nSPS) is 70.2. The maximum absolute atomic E-state index is 9.54. The van der Waals surface area contributed by atoms with Gasteiger partial charge >= 0.3 is 0 Å². The Morgan fingerprint density at radius 2 is 1.00 bits per heavy atom. The molecule has 0 saturated heterocycles. The molecule has 4 unspecified atom stereocenters. The summed E-state index contributed by atoms with van der Waals surface area (Å²) in [6, 6.07) is 0. The molecule has 0 aromatic carbocycles. The van der Waals surface area contributed by atoms with Gasteiger partial charge in [0.25, 0.3) is 0 Å². The van der Waals surface area contributed by atoms with Crippen molar-refractivity contribution in [3.05, 3.63) is 0 Å². The van der Waals surface area contributed by atoms with E-state index >= 15 is 0 Å². The van der Waals surface area contributed by atoms with Crippen LogP contribution in [0.5, 0.6) is 0 Å². The van der Waals surface area contributed by atoms with Gasteiger partial charge in [-0.1, -0.05) is 0 Å². The molecule has 2 heteroatoms. The van der Waals surface area contributed by atoms with Gasteiger partial charge in [0.15, 0.2) is 0 Å². The summed E-state index contributed by atoms with van der Waals surface area (Å²) in [5.41, 5.74) is 0. The molecule has 2 nitrogen and oxygen atoms in total. The van der Waals surface area contributed by atoms with E-state index in [1.807, 2.05) is 0 Å². The van der Waals surface area contributed by atoms with Crippen LogP contribution in [0.2, 0.25) is 0 Å². The van der Waals surface area contributed by atoms with Crippen molar-refractivity contribution in [2.45, 2.75) is 25.0 Å². The van der Waals surface area contributed by atoms with Gasteiger partial charge in [-0.25, -0.2) is 0 Å². The molecule has 56 valence electrons. The molecule has 0 aliphatic heterocycles. The van der Waals surface area contributed by atoms with Crippen LogP contribution in [0.1, 0.15) is 12.8 Å². The molecular formula is C8H12O2. The molecule has 0 spiro atoms. The number of aliphatic hydroxyl groups is 2. The minimum Gasteiger partial charge on any atom is -0.393 e. The molecule has 10 heavy (non-hydrogen) atoms. The third-order valence-electron chi connectivity index (χ3n) is 3.94. The van der Waals surface area contributed by atoms with Crippen LogP contribution in [0.25, 0.3) is 0 Å². The van der Waals surface area contributed by atoms with Gasteiger partial charge in [0.1, 0.15) is 0 Å². The van der Waals surface area contributed by atoms with E-state index in [2.05, 4.69) is 0 Å². The molecule has 4 bridgehead atoms. The summed E-state index contributed by atoms with van der Waals surface area (Å²) in [5, 5.41) is 19.1. The van der Waals surface area contributed by atoms with Gasteiger partial charge in [0.05, 0.1) is 12.2 Å². The van der Waals surface area contributed by atoms with Crippen LogP contribution in [-0.2, 0) is 0 Å². The molecule has 0 radical (unpaired) electrons. The highest BCUT2D eigenvalue weighted by Gasteiger charge is 2.64. The highest BCUT2D eigenvalue weighted by Crippen LogP contribution is 2.62. The average molecular weight is 140 g/mol. The van der Waals surface area contributed by atoms with Crippen molar-refractivity contribution < 1.29 is 10.2 Å². The lowest BCUT2D eigenvalue weighted by Crippen LogP contribution is -2.27. The SMILES string of the molecule is OC1C2CC3C(O)C2CC13. The lowest BCUT2D eigenvalue weighted by molar-refractivity contribution is 0.0351. The van der Waals surface area contributed by atoms with Crippen LogP contribution >= 0.6 is 0 Å². The smallest absolute Gasteiger partial charge is 0.0604 e. The highest BCUT2D eigenvalue weighted by atomic mass is 16.3. The summed E-state index contributed by atoms with van der Waals surface area (Å²) in [4.78, 5) is 0. The Morgan fingerprint density at radius 3 is 1.20 bits per heavy atom. The first-order chi connectivity index (χ1) is 4.79. The Hall–Kier alpha value is -0.0800. The van der Waals surface area contributed by atoms with Crippen LogP contribution in [0.3, 0.4) is 0 Å². The second kappa shape index (κ2) is 1.41. The quantitative estimate of drug-likeness (QED) is 0.497. The molecule has 0 heterocycles. The molecule has 4 aliphatic rings. The van der Waals surface area contributed by atoms with E-state index in [4.69, 9.17) is 0 Å². The van der Waals surface area contributed by atoms with E-state index in [0.29, 0.717) is 23.7 Å². The maximum Gasteiger partial charge on any atom is 0.0604 e. The molecule has 4 aliphatic carbocycles. The monoisotopic (exact) mass is 140 g/mol. The number of rotatable bonds is 0. The first kappa shape index (κ1) is 5.56. The number of aliphatic hydroxyl groups excluding tert-OH is 2. The molecule has 4 atom stereocenters. The van der Waals surface area contributed by atoms with Crippen molar-refractivity contribution in [1.82, 2.24) is 0 Å². The van der Waals surface area contributed by atoms with Gasteiger partial charge in [0, 0.05) is 0 Å². The molecule has 0 aromatic heterocycles. The average Bonchev–Trinajstić information content (AvgIpc) is 2.55. The first-order valence-electron chi connectivity index (χ1n) is 4.15. The second-order valence-electron chi connectivity index (χ2n) is 4.11. The largest absolute Gasteiger partial charge is 0.393 e. The molecular weight excluding hydrogens is 128 g/mol. The molecule has 0 aromatic rings. The van der Waals surface area contributed by atoms with Crippen LogP contribution in [0.4, 0.5) is 0 Å². The van der Waals surface area contributed by atoms with E-state index in [9.17, 15) is 10.2 Å². The molecule has 0 amide bonds. The minimum absolute atomic E-state index is 0.0570. The van der Waals surface area contributed by atoms with Crippen molar-refractivity contribution in [3.8, 4) is 0 Å². The van der Waals surface area contributed by atoms with Crippen molar-refractivity contribution in [1.29, 1.82) is 0 Å². The summed E-state index contributed by atoms with van der Waals surface area (Å²) in [5.74, 6) is 1.85. The first-order valence-corrected chi connectivity index (χ1v) is 4.15. The fourth-order valence-electron chi connectivity index (χ4n) is 3.53. The van der Waals surface area contributed by atoms with Crippen LogP contribution < -0.4 is 0 Å². The lowest BCUT2D eigenvalue weighted by atomic mass is 9.95. The Bertz CT molecular complexity index is 144. The molecule has 4 rings (SSSR count). The minimum atomic E-state index is -0.0570. The van der Waals surface area contributed by atoms with E-state index in [1.165, 1.54) is 0 Å². The lowest BCUT2D eigenvalue weighted by Gasteiger charge is -2.19. The van der Waals surface area contributed by atoms with Gasteiger partial charge < -0.3 is 10.2 Å². The topological polar surface area (TPSA) is 40.5 Å².